The minimum atomic E-state index is -1.00. The summed E-state index contributed by atoms with van der Waals surface area (Å²) in [7, 11) is 0. The van der Waals surface area contributed by atoms with Gasteiger partial charge in [0.15, 0.2) is 0 Å². The predicted octanol–water partition coefficient (Wildman–Crippen LogP) is 4.10. The standard InChI is InChI=1S/C15H13BrN2O3/c1-9-2-5-11(16)8-13(9)18-15(21)17-12-6-3-10(4-7-12)14(19)20/h2-8H,1H3,(H,19,20)(H2,17,18,21). The first kappa shape index (κ1) is 15.1. The van der Waals surface area contributed by atoms with Gasteiger partial charge in [0.25, 0.3) is 0 Å². The maximum atomic E-state index is 11.9. The van der Waals surface area contributed by atoms with Crippen LogP contribution in [0.25, 0.3) is 0 Å². The summed E-state index contributed by atoms with van der Waals surface area (Å²) in [5.74, 6) is -1.00. The van der Waals surface area contributed by atoms with E-state index in [0.717, 1.165) is 10.0 Å². The maximum absolute atomic E-state index is 11.9. The molecule has 0 aliphatic carbocycles. The van der Waals surface area contributed by atoms with Gasteiger partial charge in [0.1, 0.15) is 0 Å². The van der Waals surface area contributed by atoms with Gasteiger partial charge in [-0.2, -0.15) is 0 Å². The van der Waals surface area contributed by atoms with E-state index in [-0.39, 0.29) is 11.6 Å². The van der Waals surface area contributed by atoms with Gasteiger partial charge in [-0.3, -0.25) is 0 Å². The number of carbonyl (C=O) groups is 2. The fourth-order valence-electron chi connectivity index (χ4n) is 1.71. The largest absolute Gasteiger partial charge is 0.478 e. The SMILES string of the molecule is Cc1ccc(Br)cc1NC(=O)Nc1ccc(C(=O)O)cc1. The van der Waals surface area contributed by atoms with E-state index in [2.05, 4.69) is 26.6 Å². The van der Waals surface area contributed by atoms with Gasteiger partial charge in [0.05, 0.1) is 5.56 Å². The molecule has 5 nitrogen and oxygen atoms in total. The molecule has 0 atom stereocenters. The van der Waals surface area contributed by atoms with E-state index in [1.807, 2.05) is 25.1 Å². The van der Waals surface area contributed by atoms with Gasteiger partial charge in [0, 0.05) is 15.8 Å². The first-order chi connectivity index (χ1) is 9.95. The third kappa shape index (κ3) is 4.06. The Morgan fingerprint density at radius 1 is 1.05 bits per heavy atom. The van der Waals surface area contributed by atoms with Crippen LogP contribution >= 0.6 is 15.9 Å². The van der Waals surface area contributed by atoms with Crippen molar-refractivity contribution in [2.45, 2.75) is 6.92 Å². The zero-order valence-corrected chi connectivity index (χ0v) is 12.8. The van der Waals surface area contributed by atoms with Crippen molar-refractivity contribution in [2.24, 2.45) is 0 Å². The predicted molar refractivity (Wildman–Crippen MR) is 84.9 cm³/mol. The molecule has 2 amide bonds. The fourth-order valence-corrected chi connectivity index (χ4v) is 2.07. The second-order valence-corrected chi connectivity index (χ2v) is 5.34. The van der Waals surface area contributed by atoms with E-state index in [4.69, 9.17) is 5.11 Å². The van der Waals surface area contributed by atoms with E-state index >= 15 is 0 Å². The van der Waals surface area contributed by atoms with E-state index < -0.39 is 5.97 Å². The summed E-state index contributed by atoms with van der Waals surface area (Å²) >= 11 is 3.35. The Labute approximate surface area is 130 Å². The zero-order chi connectivity index (χ0) is 15.4. The second kappa shape index (κ2) is 6.41. The molecular weight excluding hydrogens is 336 g/mol. The first-order valence-electron chi connectivity index (χ1n) is 6.13. The summed E-state index contributed by atoms with van der Waals surface area (Å²) in [6.07, 6.45) is 0. The number of carboxylic acids is 1. The molecule has 0 unspecified atom stereocenters. The summed E-state index contributed by atoms with van der Waals surface area (Å²) in [4.78, 5) is 22.7. The summed E-state index contributed by atoms with van der Waals surface area (Å²) in [6, 6.07) is 11.1. The van der Waals surface area contributed by atoms with Gasteiger partial charge >= 0.3 is 12.0 Å². The number of hydrogen-bond donors (Lipinski definition) is 3. The van der Waals surface area contributed by atoms with Crippen LogP contribution in [0.15, 0.2) is 46.9 Å². The highest BCUT2D eigenvalue weighted by Gasteiger charge is 2.07. The molecule has 2 rings (SSSR count). The minimum Gasteiger partial charge on any atom is -0.478 e. The van der Waals surface area contributed by atoms with E-state index in [0.29, 0.717) is 11.4 Å². The summed E-state index contributed by atoms with van der Waals surface area (Å²) in [5.41, 5.74) is 2.33. The third-order valence-corrected chi connectivity index (χ3v) is 3.33. The first-order valence-corrected chi connectivity index (χ1v) is 6.92. The highest BCUT2D eigenvalue weighted by molar-refractivity contribution is 9.10. The van der Waals surface area contributed by atoms with Crippen LogP contribution in [0.1, 0.15) is 15.9 Å². The minimum absolute atomic E-state index is 0.170. The molecule has 21 heavy (non-hydrogen) atoms. The van der Waals surface area contributed by atoms with Crippen LogP contribution in [0.5, 0.6) is 0 Å². The van der Waals surface area contributed by atoms with E-state index in [9.17, 15) is 9.59 Å². The molecule has 0 heterocycles. The number of hydrogen-bond acceptors (Lipinski definition) is 2. The number of aryl methyl sites for hydroxylation is 1. The molecule has 2 aromatic rings. The van der Waals surface area contributed by atoms with Gasteiger partial charge in [-0.05, 0) is 48.9 Å². The summed E-state index contributed by atoms with van der Waals surface area (Å²) in [5, 5.41) is 14.2. The number of halogens is 1. The summed E-state index contributed by atoms with van der Waals surface area (Å²) in [6.45, 7) is 1.89. The quantitative estimate of drug-likeness (QED) is 0.781. The monoisotopic (exact) mass is 348 g/mol. The van der Waals surface area contributed by atoms with Gasteiger partial charge in [-0.15, -0.1) is 0 Å². The van der Waals surface area contributed by atoms with Crippen LogP contribution in [-0.2, 0) is 0 Å². The van der Waals surface area contributed by atoms with Crippen LogP contribution in [0, 0.1) is 6.92 Å². The molecular formula is C15H13BrN2O3. The van der Waals surface area contributed by atoms with Crippen molar-refractivity contribution in [1.82, 2.24) is 0 Å². The topological polar surface area (TPSA) is 78.4 Å². The van der Waals surface area contributed by atoms with Crippen LogP contribution in [0.3, 0.4) is 0 Å². The van der Waals surface area contributed by atoms with Crippen molar-refractivity contribution in [2.75, 3.05) is 10.6 Å². The molecule has 0 fully saturated rings. The number of carboxylic acid groups (broad SMARTS) is 1. The van der Waals surface area contributed by atoms with Crippen molar-refractivity contribution < 1.29 is 14.7 Å². The maximum Gasteiger partial charge on any atom is 0.335 e. The average Bonchev–Trinajstić information content (AvgIpc) is 2.43. The highest BCUT2D eigenvalue weighted by Crippen LogP contribution is 2.21. The molecule has 3 N–H and O–H groups in total. The molecule has 0 saturated carbocycles. The number of nitrogens with one attached hydrogen (secondary N) is 2. The normalized spacial score (nSPS) is 10.0. The Kier molecular flexibility index (Phi) is 4.59. The lowest BCUT2D eigenvalue weighted by molar-refractivity contribution is 0.0697. The lowest BCUT2D eigenvalue weighted by Crippen LogP contribution is -2.20. The Hall–Kier alpha value is -2.34. The summed E-state index contributed by atoms with van der Waals surface area (Å²) < 4.78 is 0.870. The van der Waals surface area contributed by atoms with Crippen LogP contribution in [0.4, 0.5) is 16.2 Å². The van der Waals surface area contributed by atoms with Crippen molar-refractivity contribution in [1.29, 1.82) is 0 Å². The Balaban J connectivity index is 2.04. The number of amides is 2. The Morgan fingerprint density at radius 3 is 2.33 bits per heavy atom. The number of anilines is 2. The van der Waals surface area contributed by atoms with Gasteiger partial charge in [-0.1, -0.05) is 22.0 Å². The molecule has 0 saturated heterocycles. The highest BCUT2D eigenvalue weighted by atomic mass is 79.9. The molecule has 0 aliphatic rings. The van der Waals surface area contributed by atoms with E-state index in [1.165, 1.54) is 24.3 Å². The van der Waals surface area contributed by atoms with Crippen LogP contribution in [0.2, 0.25) is 0 Å². The molecule has 0 radical (unpaired) electrons. The molecule has 0 bridgehead atoms. The molecule has 0 spiro atoms. The number of rotatable bonds is 3. The Morgan fingerprint density at radius 2 is 1.71 bits per heavy atom. The zero-order valence-electron chi connectivity index (χ0n) is 11.2. The van der Waals surface area contributed by atoms with Crippen molar-refractivity contribution in [3.8, 4) is 0 Å². The van der Waals surface area contributed by atoms with E-state index in [1.54, 1.807) is 0 Å². The lowest BCUT2D eigenvalue weighted by Gasteiger charge is -2.10. The van der Waals surface area contributed by atoms with Crippen molar-refractivity contribution >= 4 is 39.3 Å². The number of benzene rings is 2. The molecule has 2 aromatic carbocycles. The third-order valence-electron chi connectivity index (χ3n) is 2.84. The second-order valence-electron chi connectivity index (χ2n) is 4.42. The molecule has 0 aliphatic heterocycles. The van der Waals surface area contributed by atoms with Crippen LogP contribution in [-0.4, -0.2) is 17.1 Å². The molecule has 108 valence electrons. The Bertz CT molecular complexity index is 684. The average molecular weight is 349 g/mol. The number of urea groups is 1. The number of aromatic carboxylic acids is 1. The number of carbonyl (C=O) groups excluding carboxylic acids is 1. The fraction of sp³-hybridized carbons (Fsp3) is 0.0667. The lowest BCUT2D eigenvalue weighted by atomic mass is 10.2. The van der Waals surface area contributed by atoms with Gasteiger partial charge in [0.2, 0.25) is 0 Å². The van der Waals surface area contributed by atoms with Crippen molar-refractivity contribution in [3.63, 3.8) is 0 Å². The molecule has 6 heteroatoms. The van der Waals surface area contributed by atoms with Crippen LogP contribution < -0.4 is 10.6 Å². The smallest absolute Gasteiger partial charge is 0.335 e. The van der Waals surface area contributed by atoms with Crippen molar-refractivity contribution in [3.05, 3.63) is 58.1 Å². The van der Waals surface area contributed by atoms with Gasteiger partial charge in [-0.25, -0.2) is 9.59 Å². The van der Waals surface area contributed by atoms with Gasteiger partial charge < -0.3 is 15.7 Å². The molecule has 0 aromatic heterocycles.